The summed E-state index contributed by atoms with van der Waals surface area (Å²) in [7, 11) is 0. The molecule has 0 aromatic carbocycles. The van der Waals surface area contributed by atoms with Crippen molar-refractivity contribution in [3.8, 4) is 0 Å². The van der Waals surface area contributed by atoms with E-state index in [1.54, 1.807) is 6.07 Å². The summed E-state index contributed by atoms with van der Waals surface area (Å²) in [5, 5.41) is 15.8. The summed E-state index contributed by atoms with van der Waals surface area (Å²) in [6.45, 7) is 0.705. The summed E-state index contributed by atoms with van der Waals surface area (Å²) >= 11 is 0. The van der Waals surface area contributed by atoms with Crippen LogP contribution in [0, 0.1) is 0 Å². The second-order valence-corrected chi connectivity index (χ2v) is 4.93. The average Bonchev–Trinajstić information content (AvgIpc) is 3.16. The zero-order chi connectivity index (χ0) is 13.4. The first-order valence-corrected chi connectivity index (χ1v) is 6.34. The van der Waals surface area contributed by atoms with E-state index in [0.717, 1.165) is 18.5 Å². The van der Waals surface area contributed by atoms with Gasteiger partial charge in [0, 0.05) is 18.2 Å². The van der Waals surface area contributed by atoms with Gasteiger partial charge in [-0.05, 0) is 18.9 Å². The van der Waals surface area contributed by atoms with Crippen molar-refractivity contribution in [2.45, 2.75) is 24.9 Å². The number of aromatic nitrogens is 2. The molecule has 1 aliphatic carbocycles. The Labute approximate surface area is 109 Å². The molecule has 2 heterocycles. The Morgan fingerprint density at radius 2 is 2.26 bits per heavy atom. The average molecular weight is 265 g/mol. The highest BCUT2D eigenvalue weighted by atomic mass is 16.5. The Kier molecular flexibility index (Phi) is 2.98. The molecule has 102 valence electrons. The molecule has 1 atom stereocenters. The zero-order valence-electron chi connectivity index (χ0n) is 10.3. The van der Waals surface area contributed by atoms with Crippen molar-refractivity contribution in [1.29, 1.82) is 0 Å². The Morgan fingerprint density at radius 3 is 2.95 bits per heavy atom. The molecule has 1 aromatic rings. The van der Waals surface area contributed by atoms with Crippen molar-refractivity contribution >= 4 is 11.9 Å². The maximum atomic E-state index is 12.2. The van der Waals surface area contributed by atoms with Gasteiger partial charge in [0.2, 0.25) is 0 Å². The number of morpholine rings is 1. The Hall–Kier alpha value is -1.89. The first-order valence-electron chi connectivity index (χ1n) is 6.34. The number of carboxylic acid groups (broad SMARTS) is 1. The van der Waals surface area contributed by atoms with Crippen molar-refractivity contribution in [3.05, 3.63) is 17.5 Å². The summed E-state index contributed by atoms with van der Waals surface area (Å²) in [4.78, 5) is 24.6. The number of carbonyl (C=O) groups is 2. The molecule has 1 saturated carbocycles. The first-order chi connectivity index (χ1) is 9.15. The summed E-state index contributed by atoms with van der Waals surface area (Å²) in [5.41, 5.74) is 1.35. The number of hydrogen-bond acceptors (Lipinski definition) is 4. The van der Waals surface area contributed by atoms with E-state index < -0.39 is 12.1 Å². The van der Waals surface area contributed by atoms with Gasteiger partial charge >= 0.3 is 5.97 Å². The molecule has 1 amide bonds. The fourth-order valence-electron chi connectivity index (χ4n) is 2.19. The summed E-state index contributed by atoms with van der Waals surface area (Å²) in [5.74, 6) is -0.776. The Morgan fingerprint density at radius 1 is 1.47 bits per heavy atom. The molecule has 2 aliphatic rings. The maximum absolute atomic E-state index is 12.2. The van der Waals surface area contributed by atoms with E-state index in [2.05, 4.69) is 10.2 Å². The lowest BCUT2D eigenvalue weighted by Crippen LogP contribution is -2.48. The standard InChI is InChI=1S/C12H15N3O4/c16-11(9-5-8(13-14-9)7-1-2-7)15-3-4-19-10(6-15)12(17)18/h5,7,10H,1-4,6H2,(H,13,14)(H,17,18)/t10-/m1/s1. The van der Waals surface area contributed by atoms with Crippen molar-refractivity contribution in [2.75, 3.05) is 19.7 Å². The molecule has 7 heteroatoms. The molecule has 2 N–H and O–H groups in total. The van der Waals surface area contributed by atoms with Gasteiger partial charge in [-0.2, -0.15) is 5.10 Å². The van der Waals surface area contributed by atoms with Crippen molar-refractivity contribution in [2.24, 2.45) is 0 Å². The van der Waals surface area contributed by atoms with Crippen molar-refractivity contribution in [3.63, 3.8) is 0 Å². The minimum absolute atomic E-state index is 0.0692. The van der Waals surface area contributed by atoms with Gasteiger partial charge in [0.25, 0.3) is 5.91 Å². The highest BCUT2D eigenvalue weighted by Gasteiger charge is 2.31. The number of amides is 1. The minimum atomic E-state index is -1.04. The SMILES string of the molecule is O=C(O)[C@H]1CN(C(=O)c2cc(C3CC3)[nH]n2)CCO1. The second-order valence-electron chi connectivity index (χ2n) is 4.93. The lowest BCUT2D eigenvalue weighted by molar-refractivity contribution is -0.154. The molecule has 2 fully saturated rings. The first kappa shape index (κ1) is 12.2. The fraction of sp³-hybridized carbons (Fsp3) is 0.583. The molecule has 3 rings (SSSR count). The predicted octanol–water partition coefficient (Wildman–Crippen LogP) is 0.213. The van der Waals surface area contributed by atoms with Gasteiger partial charge in [0.15, 0.2) is 6.10 Å². The number of carboxylic acids is 1. The molecule has 1 aromatic heterocycles. The van der Waals surface area contributed by atoms with Crippen LogP contribution < -0.4 is 0 Å². The Balaban J connectivity index is 1.69. The normalized spacial score (nSPS) is 23.4. The van der Waals surface area contributed by atoms with Crippen LogP contribution in [0.4, 0.5) is 0 Å². The molecule has 7 nitrogen and oxygen atoms in total. The van der Waals surface area contributed by atoms with Crippen LogP contribution in [-0.2, 0) is 9.53 Å². The smallest absolute Gasteiger partial charge is 0.334 e. The van der Waals surface area contributed by atoms with E-state index in [-0.39, 0.29) is 19.1 Å². The van der Waals surface area contributed by atoms with Gasteiger partial charge in [0.1, 0.15) is 5.69 Å². The van der Waals surface area contributed by atoms with E-state index in [9.17, 15) is 9.59 Å². The van der Waals surface area contributed by atoms with Crippen LogP contribution >= 0.6 is 0 Å². The minimum Gasteiger partial charge on any atom is -0.479 e. The third-order valence-electron chi connectivity index (χ3n) is 3.46. The number of rotatable bonds is 3. The highest BCUT2D eigenvalue weighted by Crippen LogP contribution is 2.39. The van der Waals surface area contributed by atoms with Gasteiger partial charge < -0.3 is 14.7 Å². The molecular formula is C12H15N3O4. The fourth-order valence-corrected chi connectivity index (χ4v) is 2.19. The molecule has 19 heavy (non-hydrogen) atoms. The van der Waals surface area contributed by atoms with Crippen molar-refractivity contribution in [1.82, 2.24) is 15.1 Å². The lowest BCUT2D eigenvalue weighted by atomic mass is 10.2. The molecule has 0 spiro atoms. The van der Waals surface area contributed by atoms with Crippen LogP contribution in [0.1, 0.15) is 34.9 Å². The zero-order valence-corrected chi connectivity index (χ0v) is 10.3. The van der Waals surface area contributed by atoms with Crippen LogP contribution in [0.15, 0.2) is 6.07 Å². The van der Waals surface area contributed by atoms with Crippen LogP contribution in [0.3, 0.4) is 0 Å². The molecule has 1 aliphatic heterocycles. The molecular weight excluding hydrogens is 250 g/mol. The number of carbonyl (C=O) groups excluding carboxylic acids is 1. The van der Waals surface area contributed by atoms with Gasteiger partial charge in [0.05, 0.1) is 13.2 Å². The van der Waals surface area contributed by atoms with E-state index >= 15 is 0 Å². The van der Waals surface area contributed by atoms with E-state index in [1.165, 1.54) is 4.90 Å². The number of H-pyrrole nitrogens is 1. The number of nitrogens with one attached hydrogen (secondary N) is 1. The van der Waals surface area contributed by atoms with E-state index in [1.807, 2.05) is 0 Å². The number of hydrogen-bond donors (Lipinski definition) is 2. The van der Waals surface area contributed by atoms with Crippen LogP contribution in [0.5, 0.6) is 0 Å². The predicted molar refractivity (Wildman–Crippen MR) is 63.8 cm³/mol. The largest absolute Gasteiger partial charge is 0.479 e. The lowest BCUT2D eigenvalue weighted by Gasteiger charge is -2.30. The summed E-state index contributed by atoms with van der Waals surface area (Å²) in [6.07, 6.45) is 1.32. The Bertz CT molecular complexity index is 509. The van der Waals surface area contributed by atoms with Gasteiger partial charge in [-0.15, -0.1) is 0 Å². The van der Waals surface area contributed by atoms with E-state index in [4.69, 9.17) is 9.84 Å². The van der Waals surface area contributed by atoms with Gasteiger partial charge in [-0.25, -0.2) is 4.79 Å². The number of nitrogens with zero attached hydrogens (tertiary/aromatic N) is 2. The third-order valence-corrected chi connectivity index (χ3v) is 3.46. The molecule has 0 unspecified atom stereocenters. The van der Waals surface area contributed by atoms with Crippen LogP contribution in [0.2, 0.25) is 0 Å². The van der Waals surface area contributed by atoms with Crippen molar-refractivity contribution < 1.29 is 19.4 Å². The molecule has 0 radical (unpaired) electrons. The second kappa shape index (κ2) is 4.65. The maximum Gasteiger partial charge on any atom is 0.334 e. The monoisotopic (exact) mass is 265 g/mol. The summed E-state index contributed by atoms with van der Waals surface area (Å²) in [6, 6.07) is 1.77. The third kappa shape index (κ3) is 2.46. The number of aliphatic carboxylic acids is 1. The summed E-state index contributed by atoms with van der Waals surface area (Å²) < 4.78 is 5.09. The van der Waals surface area contributed by atoms with E-state index in [0.29, 0.717) is 18.2 Å². The molecule has 0 bridgehead atoms. The van der Waals surface area contributed by atoms with Gasteiger partial charge in [-0.1, -0.05) is 0 Å². The molecule has 1 saturated heterocycles. The number of aromatic amines is 1. The quantitative estimate of drug-likeness (QED) is 0.814. The van der Waals surface area contributed by atoms with Crippen LogP contribution in [-0.4, -0.2) is 57.9 Å². The topological polar surface area (TPSA) is 95.5 Å². The highest BCUT2D eigenvalue weighted by molar-refractivity contribution is 5.93. The number of ether oxygens (including phenoxy) is 1. The van der Waals surface area contributed by atoms with Crippen LogP contribution in [0.25, 0.3) is 0 Å². The van der Waals surface area contributed by atoms with Gasteiger partial charge in [-0.3, -0.25) is 9.89 Å².